The Morgan fingerprint density at radius 3 is 2.59 bits per heavy atom. The molecule has 2 aliphatic rings. The second kappa shape index (κ2) is 8.89. The SMILES string of the molecule is CC(C)c1nocc1C(=O)NC1CCCCCN(C(=O)C(C)C2CCC2)C1. The van der Waals surface area contributed by atoms with Crippen LogP contribution in [0.1, 0.15) is 87.7 Å². The first kappa shape index (κ1) is 19.9. The van der Waals surface area contributed by atoms with Crippen LogP contribution in [0.25, 0.3) is 0 Å². The molecule has 1 aromatic heterocycles. The number of carbonyl (C=O) groups is 2. The van der Waals surface area contributed by atoms with Gasteiger partial charge in [0.05, 0.1) is 5.69 Å². The molecule has 27 heavy (non-hydrogen) atoms. The molecular weight excluding hydrogens is 342 g/mol. The summed E-state index contributed by atoms with van der Waals surface area (Å²) in [6.45, 7) is 7.46. The van der Waals surface area contributed by atoms with E-state index >= 15 is 0 Å². The van der Waals surface area contributed by atoms with Crippen molar-refractivity contribution < 1.29 is 14.1 Å². The molecule has 2 amide bonds. The summed E-state index contributed by atoms with van der Waals surface area (Å²) in [5.74, 6) is 0.878. The van der Waals surface area contributed by atoms with Crippen LogP contribution in [-0.4, -0.2) is 41.0 Å². The summed E-state index contributed by atoms with van der Waals surface area (Å²) >= 11 is 0. The number of rotatable bonds is 5. The molecule has 1 saturated heterocycles. The van der Waals surface area contributed by atoms with Crippen LogP contribution in [0.3, 0.4) is 0 Å². The van der Waals surface area contributed by atoms with Crippen LogP contribution in [0.4, 0.5) is 0 Å². The maximum absolute atomic E-state index is 13.0. The van der Waals surface area contributed by atoms with Crippen LogP contribution in [0.5, 0.6) is 0 Å². The van der Waals surface area contributed by atoms with Crippen molar-refractivity contribution in [1.82, 2.24) is 15.4 Å². The zero-order valence-electron chi connectivity index (χ0n) is 16.9. The number of nitrogens with one attached hydrogen (secondary N) is 1. The van der Waals surface area contributed by atoms with Gasteiger partial charge in [0.25, 0.3) is 5.91 Å². The molecule has 1 saturated carbocycles. The number of aromatic nitrogens is 1. The van der Waals surface area contributed by atoms with Gasteiger partial charge in [0.1, 0.15) is 11.8 Å². The quantitative estimate of drug-likeness (QED) is 0.851. The van der Waals surface area contributed by atoms with Crippen LogP contribution >= 0.6 is 0 Å². The predicted molar refractivity (Wildman–Crippen MR) is 103 cm³/mol. The summed E-state index contributed by atoms with van der Waals surface area (Å²) in [6, 6.07) is -0.0229. The molecule has 6 nitrogen and oxygen atoms in total. The second-order valence-corrected chi connectivity index (χ2v) is 8.55. The highest BCUT2D eigenvalue weighted by atomic mass is 16.5. The average molecular weight is 376 g/mol. The zero-order chi connectivity index (χ0) is 19.4. The Balaban J connectivity index is 1.65. The molecule has 1 aliphatic carbocycles. The summed E-state index contributed by atoms with van der Waals surface area (Å²) in [7, 11) is 0. The van der Waals surface area contributed by atoms with Gasteiger partial charge in [-0.3, -0.25) is 9.59 Å². The first-order valence-corrected chi connectivity index (χ1v) is 10.5. The van der Waals surface area contributed by atoms with Crippen molar-refractivity contribution in [1.29, 1.82) is 0 Å². The molecule has 0 radical (unpaired) electrons. The Hall–Kier alpha value is -1.85. The molecule has 6 heteroatoms. The van der Waals surface area contributed by atoms with Crippen molar-refractivity contribution in [3.63, 3.8) is 0 Å². The highest BCUT2D eigenvalue weighted by Crippen LogP contribution is 2.34. The Morgan fingerprint density at radius 1 is 1.15 bits per heavy atom. The summed E-state index contributed by atoms with van der Waals surface area (Å²) in [5.41, 5.74) is 1.19. The van der Waals surface area contributed by atoms with Crippen LogP contribution in [0.15, 0.2) is 10.8 Å². The largest absolute Gasteiger partial charge is 0.364 e. The predicted octanol–water partition coefficient (Wildman–Crippen LogP) is 3.74. The van der Waals surface area contributed by atoms with Gasteiger partial charge in [-0.1, -0.05) is 45.2 Å². The highest BCUT2D eigenvalue weighted by molar-refractivity contribution is 5.95. The molecule has 0 spiro atoms. The zero-order valence-corrected chi connectivity index (χ0v) is 16.9. The molecular formula is C21H33N3O3. The van der Waals surface area contributed by atoms with Crippen molar-refractivity contribution in [3.8, 4) is 0 Å². The fourth-order valence-electron chi connectivity index (χ4n) is 4.16. The van der Waals surface area contributed by atoms with Gasteiger partial charge in [-0.25, -0.2) is 0 Å². The molecule has 3 rings (SSSR count). The maximum atomic E-state index is 13.0. The Kier molecular flexibility index (Phi) is 6.55. The minimum atomic E-state index is -0.148. The molecule has 150 valence electrons. The van der Waals surface area contributed by atoms with Gasteiger partial charge in [0, 0.05) is 25.0 Å². The van der Waals surface area contributed by atoms with E-state index in [0.717, 1.165) is 32.2 Å². The van der Waals surface area contributed by atoms with Crippen LogP contribution in [0, 0.1) is 11.8 Å². The lowest BCUT2D eigenvalue weighted by Gasteiger charge is -2.36. The van der Waals surface area contributed by atoms with Crippen molar-refractivity contribution in [3.05, 3.63) is 17.5 Å². The highest BCUT2D eigenvalue weighted by Gasteiger charge is 2.33. The van der Waals surface area contributed by atoms with Crippen LogP contribution < -0.4 is 5.32 Å². The summed E-state index contributed by atoms with van der Waals surface area (Å²) < 4.78 is 5.02. The van der Waals surface area contributed by atoms with Gasteiger partial charge in [-0.15, -0.1) is 0 Å². The Bertz CT molecular complexity index is 651. The third-order valence-electron chi connectivity index (χ3n) is 6.20. The van der Waals surface area contributed by atoms with E-state index in [1.54, 1.807) is 0 Å². The summed E-state index contributed by atoms with van der Waals surface area (Å²) in [6.07, 6.45) is 9.14. The second-order valence-electron chi connectivity index (χ2n) is 8.55. The van der Waals surface area contributed by atoms with Gasteiger partial charge in [-0.2, -0.15) is 0 Å². The monoisotopic (exact) mass is 375 g/mol. The minimum absolute atomic E-state index is 0.0229. The molecule has 1 aliphatic heterocycles. The standard InChI is InChI=1S/C21H33N3O3/c1-14(2)19-18(13-27-23-19)20(25)22-17-10-5-4-6-11-24(12-17)21(26)15(3)16-8-7-9-16/h13-17H,4-12H2,1-3H3,(H,22,25). The van der Waals surface area contributed by atoms with E-state index in [1.807, 2.05) is 18.7 Å². The topological polar surface area (TPSA) is 75.4 Å². The lowest BCUT2D eigenvalue weighted by Crippen LogP contribution is -2.49. The van der Waals surface area contributed by atoms with Crippen molar-refractivity contribution >= 4 is 11.8 Å². The van der Waals surface area contributed by atoms with E-state index in [9.17, 15) is 9.59 Å². The van der Waals surface area contributed by atoms with Crippen LogP contribution in [-0.2, 0) is 4.79 Å². The lowest BCUT2D eigenvalue weighted by molar-refractivity contribution is -0.138. The fourth-order valence-corrected chi connectivity index (χ4v) is 4.16. The number of hydrogen-bond donors (Lipinski definition) is 1. The normalized spacial score (nSPS) is 22.7. The first-order valence-electron chi connectivity index (χ1n) is 10.5. The molecule has 2 fully saturated rings. The van der Waals surface area contributed by atoms with E-state index in [0.29, 0.717) is 23.7 Å². The van der Waals surface area contributed by atoms with E-state index in [1.165, 1.54) is 25.5 Å². The molecule has 1 aromatic rings. The smallest absolute Gasteiger partial charge is 0.256 e. The van der Waals surface area contributed by atoms with E-state index in [-0.39, 0.29) is 29.7 Å². The number of nitrogens with zero attached hydrogens (tertiary/aromatic N) is 2. The maximum Gasteiger partial charge on any atom is 0.256 e. The van der Waals surface area contributed by atoms with Gasteiger partial charge in [0.2, 0.25) is 5.91 Å². The number of likely N-dealkylation sites (tertiary alicyclic amines) is 1. The van der Waals surface area contributed by atoms with E-state index in [2.05, 4.69) is 17.4 Å². The first-order chi connectivity index (χ1) is 13.0. The van der Waals surface area contributed by atoms with Crippen molar-refractivity contribution in [2.45, 2.75) is 77.7 Å². The van der Waals surface area contributed by atoms with Gasteiger partial charge >= 0.3 is 0 Å². The molecule has 0 aromatic carbocycles. The van der Waals surface area contributed by atoms with Crippen molar-refractivity contribution in [2.75, 3.05) is 13.1 Å². The van der Waals surface area contributed by atoms with Crippen molar-refractivity contribution in [2.24, 2.45) is 11.8 Å². The number of amides is 2. The molecule has 2 unspecified atom stereocenters. The summed E-state index contributed by atoms with van der Waals surface area (Å²) in [4.78, 5) is 27.7. The van der Waals surface area contributed by atoms with Crippen LogP contribution in [0.2, 0.25) is 0 Å². The minimum Gasteiger partial charge on any atom is -0.364 e. The molecule has 2 heterocycles. The van der Waals surface area contributed by atoms with Gasteiger partial charge in [0.15, 0.2) is 0 Å². The molecule has 0 bridgehead atoms. The Morgan fingerprint density at radius 2 is 1.93 bits per heavy atom. The van der Waals surface area contributed by atoms with Gasteiger partial charge < -0.3 is 14.7 Å². The van der Waals surface area contributed by atoms with Gasteiger partial charge in [-0.05, 0) is 37.5 Å². The average Bonchev–Trinajstić information content (AvgIpc) is 3.05. The molecule has 2 atom stereocenters. The lowest BCUT2D eigenvalue weighted by atomic mass is 9.76. The number of hydrogen-bond acceptors (Lipinski definition) is 4. The van der Waals surface area contributed by atoms with E-state index in [4.69, 9.17) is 4.52 Å². The third kappa shape index (κ3) is 4.71. The van der Waals surface area contributed by atoms with E-state index < -0.39 is 0 Å². The number of carbonyl (C=O) groups excluding carboxylic acids is 2. The fraction of sp³-hybridized carbons (Fsp3) is 0.762. The molecule has 1 N–H and O–H groups in total. The third-order valence-corrected chi connectivity index (χ3v) is 6.20. The summed E-state index contributed by atoms with van der Waals surface area (Å²) in [5, 5.41) is 7.10. The Labute approximate surface area is 162 Å².